The van der Waals surface area contributed by atoms with Crippen molar-refractivity contribution in [1.82, 2.24) is 15.0 Å². The van der Waals surface area contributed by atoms with Crippen LogP contribution in [-0.2, 0) is 0 Å². The van der Waals surface area contributed by atoms with Gasteiger partial charge in [0.15, 0.2) is 0 Å². The van der Waals surface area contributed by atoms with Gasteiger partial charge in [-0.1, -0.05) is 28.9 Å². The highest BCUT2D eigenvalue weighted by molar-refractivity contribution is 6.33. The Hall–Kier alpha value is -2.86. The van der Waals surface area contributed by atoms with Crippen molar-refractivity contribution in [2.24, 2.45) is 0 Å². The fourth-order valence-corrected chi connectivity index (χ4v) is 3.61. The van der Waals surface area contributed by atoms with Gasteiger partial charge in [-0.2, -0.15) is 4.98 Å². The Morgan fingerprint density at radius 2 is 1.86 bits per heavy atom. The van der Waals surface area contributed by atoms with Crippen LogP contribution in [0.3, 0.4) is 0 Å². The summed E-state index contributed by atoms with van der Waals surface area (Å²) in [5, 5.41) is 4.59. The summed E-state index contributed by atoms with van der Waals surface area (Å²) in [5.74, 6) is 2.08. The number of amides is 1. The van der Waals surface area contributed by atoms with Crippen LogP contribution in [-0.4, -0.2) is 41.1 Å². The number of ether oxygens (including phenoxy) is 1. The Labute approximate surface area is 168 Å². The van der Waals surface area contributed by atoms with E-state index in [0.29, 0.717) is 35.4 Å². The highest BCUT2D eigenvalue weighted by Crippen LogP contribution is 2.30. The molecule has 1 fully saturated rings. The molecule has 0 aliphatic carbocycles. The largest absolute Gasteiger partial charge is 0.497 e. The molecule has 144 valence electrons. The third kappa shape index (κ3) is 3.73. The smallest absolute Gasteiger partial charge is 0.255 e. The van der Waals surface area contributed by atoms with Crippen LogP contribution in [0.5, 0.6) is 5.75 Å². The molecule has 3 aromatic rings. The zero-order valence-corrected chi connectivity index (χ0v) is 16.2. The van der Waals surface area contributed by atoms with E-state index < -0.39 is 0 Å². The number of rotatable bonds is 4. The van der Waals surface area contributed by atoms with Crippen LogP contribution < -0.4 is 4.74 Å². The van der Waals surface area contributed by atoms with Gasteiger partial charge >= 0.3 is 0 Å². The van der Waals surface area contributed by atoms with Crippen LogP contribution in [0.2, 0.25) is 5.02 Å². The lowest BCUT2D eigenvalue weighted by Gasteiger charge is -2.30. The molecule has 2 heterocycles. The fourth-order valence-electron chi connectivity index (χ4n) is 3.39. The average molecular weight is 398 g/mol. The highest BCUT2D eigenvalue weighted by atomic mass is 35.5. The van der Waals surface area contributed by atoms with Gasteiger partial charge in [0.2, 0.25) is 11.7 Å². The normalized spacial score (nSPS) is 14.9. The first-order chi connectivity index (χ1) is 13.7. The maximum Gasteiger partial charge on any atom is 0.255 e. The summed E-state index contributed by atoms with van der Waals surface area (Å²) in [7, 11) is 1.63. The summed E-state index contributed by atoms with van der Waals surface area (Å²) in [6.45, 7) is 1.27. The third-order valence-electron chi connectivity index (χ3n) is 5.03. The summed E-state index contributed by atoms with van der Waals surface area (Å²) >= 11 is 6.15. The maximum absolute atomic E-state index is 12.7. The number of benzene rings is 2. The number of likely N-dealkylation sites (tertiary alicyclic amines) is 1. The molecule has 0 unspecified atom stereocenters. The SMILES string of the molecule is COc1ccc(-c2noc(C3CCN(C(=O)c4ccccc4Cl)CC3)n2)cc1. The fraction of sp³-hybridized carbons (Fsp3) is 0.286. The van der Waals surface area contributed by atoms with Crippen molar-refractivity contribution in [2.75, 3.05) is 20.2 Å². The molecule has 0 spiro atoms. The molecule has 1 aromatic heterocycles. The van der Waals surface area contributed by atoms with Crippen LogP contribution in [0.15, 0.2) is 53.1 Å². The van der Waals surface area contributed by atoms with Gasteiger partial charge in [0.1, 0.15) is 5.75 Å². The van der Waals surface area contributed by atoms with E-state index in [-0.39, 0.29) is 11.8 Å². The average Bonchev–Trinajstić information content (AvgIpc) is 3.24. The Balaban J connectivity index is 1.41. The third-order valence-corrected chi connectivity index (χ3v) is 5.36. The second-order valence-corrected chi connectivity index (χ2v) is 7.14. The highest BCUT2D eigenvalue weighted by Gasteiger charge is 2.28. The van der Waals surface area contributed by atoms with E-state index in [0.717, 1.165) is 24.2 Å². The molecule has 0 N–H and O–H groups in total. The van der Waals surface area contributed by atoms with Crippen molar-refractivity contribution in [3.8, 4) is 17.1 Å². The molecule has 0 atom stereocenters. The van der Waals surface area contributed by atoms with Crippen molar-refractivity contribution < 1.29 is 14.1 Å². The number of nitrogens with zero attached hydrogens (tertiary/aromatic N) is 3. The van der Waals surface area contributed by atoms with Crippen molar-refractivity contribution in [2.45, 2.75) is 18.8 Å². The van der Waals surface area contributed by atoms with Gasteiger partial charge in [0, 0.05) is 24.6 Å². The van der Waals surface area contributed by atoms with E-state index in [1.165, 1.54) is 0 Å². The van der Waals surface area contributed by atoms with Crippen LogP contribution in [0.1, 0.15) is 35.0 Å². The van der Waals surface area contributed by atoms with E-state index in [1.54, 1.807) is 19.2 Å². The van der Waals surface area contributed by atoms with Crippen LogP contribution >= 0.6 is 11.6 Å². The van der Waals surface area contributed by atoms with Gasteiger partial charge < -0.3 is 14.2 Å². The van der Waals surface area contributed by atoms with E-state index in [4.69, 9.17) is 20.9 Å². The zero-order chi connectivity index (χ0) is 19.5. The number of carbonyl (C=O) groups is 1. The van der Waals surface area contributed by atoms with Gasteiger partial charge in [-0.05, 0) is 49.2 Å². The molecule has 2 aromatic carbocycles. The van der Waals surface area contributed by atoms with Crippen molar-refractivity contribution >= 4 is 17.5 Å². The minimum absolute atomic E-state index is 0.0338. The topological polar surface area (TPSA) is 68.5 Å². The monoisotopic (exact) mass is 397 g/mol. The molecule has 1 aliphatic rings. The van der Waals surface area contributed by atoms with E-state index in [2.05, 4.69) is 10.1 Å². The molecule has 0 bridgehead atoms. The minimum atomic E-state index is -0.0338. The lowest BCUT2D eigenvalue weighted by molar-refractivity contribution is 0.0704. The minimum Gasteiger partial charge on any atom is -0.497 e. The van der Waals surface area contributed by atoms with Crippen LogP contribution in [0.4, 0.5) is 0 Å². The van der Waals surface area contributed by atoms with Gasteiger partial charge in [0.05, 0.1) is 17.7 Å². The Kier molecular flexibility index (Phi) is 5.30. The second-order valence-electron chi connectivity index (χ2n) is 6.73. The standard InChI is InChI=1S/C21H20ClN3O3/c1-27-16-8-6-14(7-9-16)19-23-20(28-24-19)15-10-12-25(13-11-15)21(26)17-4-2-3-5-18(17)22/h2-9,15H,10-13H2,1H3. The molecule has 0 saturated carbocycles. The summed E-state index contributed by atoms with van der Waals surface area (Å²) in [6.07, 6.45) is 1.56. The zero-order valence-electron chi connectivity index (χ0n) is 15.5. The predicted octanol–water partition coefficient (Wildman–Crippen LogP) is 4.42. The second kappa shape index (κ2) is 8.02. The summed E-state index contributed by atoms with van der Waals surface area (Å²) in [5.41, 5.74) is 1.42. The van der Waals surface area contributed by atoms with Gasteiger partial charge in [0.25, 0.3) is 5.91 Å². The number of carbonyl (C=O) groups excluding carboxylic acids is 1. The molecule has 6 nitrogen and oxygen atoms in total. The lowest BCUT2D eigenvalue weighted by Crippen LogP contribution is -2.38. The van der Waals surface area contributed by atoms with Crippen molar-refractivity contribution in [3.05, 3.63) is 65.0 Å². The van der Waals surface area contributed by atoms with E-state index in [1.807, 2.05) is 41.3 Å². The van der Waals surface area contributed by atoms with Crippen LogP contribution in [0, 0.1) is 0 Å². The van der Waals surface area contributed by atoms with Gasteiger partial charge in [-0.25, -0.2) is 0 Å². The number of piperidine rings is 1. The molecule has 4 rings (SSSR count). The molecule has 28 heavy (non-hydrogen) atoms. The summed E-state index contributed by atoms with van der Waals surface area (Å²) in [6, 6.07) is 14.7. The summed E-state index contributed by atoms with van der Waals surface area (Å²) < 4.78 is 10.7. The Morgan fingerprint density at radius 1 is 1.14 bits per heavy atom. The summed E-state index contributed by atoms with van der Waals surface area (Å²) in [4.78, 5) is 19.1. The molecule has 0 radical (unpaired) electrons. The van der Waals surface area contributed by atoms with E-state index in [9.17, 15) is 4.79 Å². The molecular formula is C21H20ClN3O3. The van der Waals surface area contributed by atoms with Gasteiger partial charge in [-0.3, -0.25) is 4.79 Å². The van der Waals surface area contributed by atoms with Gasteiger partial charge in [-0.15, -0.1) is 0 Å². The molecular weight excluding hydrogens is 378 g/mol. The number of halogens is 1. The molecule has 7 heteroatoms. The first kappa shape index (κ1) is 18.5. The predicted molar refractivity (Wildman–Crippen MR) is 106 cm³/mol. The molecule has 1 saturated heterocycles. The Bertz CT molecular complexity index is 963. The number of hydrogen-bond acceptors (Lipinski definition) is 5. The molecule has 1 aliphatic heterocycles. The number of aromatic nitrogens is 2. The quantitative estimate of drug-likeness (QED) is 0.651. The number of methoxy groups -OCH3 is 1. The Morgan fingerprint density at radius 3 is 2.54 bits per heavy atom. The maximum atomic E-state index is 12.7. The first-order valence-corrected chi connectivity index (χ1v) is 9.55. The molecule has 1 amide bonds. The van der Waals surface area contributed by atoms with Crippen molar-refractivity contribution in [3.63, 3.8) is 0 Å². The van der Waals surface area contributed by atoms with Crippen LogP contribution in [0.25, 0.3) is 11.4 Å². The lowest BCUT2D eigenvalue weighted by atomic mass is 9.96. The van der Waals surface area contributed by atoms with Crippen molar-refractivity contribution in [1.29, 1.82) is 0 Å². The number of hydrogen-bond donors (Lipinski definition) is 0. The van der Waals surface area contributed by atoms with E-state index >= 15 is 0 Å². The first-order valence-electron chi connectivity index (χ1n) is 9.17.